The van der Waals surface area contributed by atoms with E-state index in [1.165, 1.54) is 59.1 Å². The minimum atomic E-state index is -0.330. The maximum absolute atomic E-state index is 11.7. The Morgan fingerprint density at radius 1 is 1.18 bits per heavy atom. The fraction of sp³-hybridized carbons (Fsp3) is 0.472. The van der Waals surface area contributed by atoms with Crippen molar-refractivity contribution < 1.29 is 14.6 Å². The first-order valence-electron chi connectivity index (χ1n) is 14.9. The van der Waals surface area contributed by atoms with Crippen molar-refractivity contribution >= 4 is 17.1 Å². The summed E-state index contributed by atoms with van der Waals surface area (Å²) in [7, 11) is 0. The van der Waals surface area contributed by atoms with Crippen LogP contribution in [-0.2, 0) is 9.53 Å². The van der Waals surface area contributed by atoms with E-state index in [0.29, 0.717) is 24.0 Å². The molecule has 0 spiro atoms. The molecule has 2 atom stereocenters. The molecule has 3 heteroatoms. The van der Waals surface area contributed by atoms with Crippen molar-refractivity contribution in [3.63, 3.8) is 0 Å². The normalized spacial score (nSPS) is 19.4. The van der Waals surface area contributed by atoms with Crippen LogP contribution in [0, 0.1) is 11.8 Å². The highest BCUT2D eigenvalue weighted by atomic mass is 16.5. The topological polar surface area (TPSA) is 46.5 Å². The van der Waals surface area contributed by atoms with E-state index >= 15 is 0 Å². The van der Waals surface area contributed by atoms with E-state index in [2.05, 4.69) is 81.1 Å². The number of unbranched alkanes of at least 4 members (excludes halogenated alkanes) is 2. The third kappa shape index (κ3) is 9.97. The van der Waals surface area contributed by atoms with Crippen molar-refractivity contribution in [3.8, 4) is 0 Å². The monoisotopic (exact) mass is 528 g/mol. The summed E-state index contributed by atoms with van der Waals surface area (Å²) in [6.07, 6.45) is 24.6. The van der Waals surface area contributed by atoms with E-state index in [-0.39, 0.29) is 12.6 Å². The molecule has 0 aliphatic heterocycles. The number of hydrogen-bond donors (Lipinski definition) is 1. The van der Waals surface area contributed by atoms with Crippen LogP contribution in [0.1, 0.15) is 96.1 Å². The number of aliphatic hydroxyl groups is 1. The molecular formula is C36H48O3. The average Bonchev–Trinajstić information content (AvgIpc) is 2.96. The van der Waals surface area contributed by atoms with Crippen LogP contribution in [0.25, 0.3) is 11.1 Å². The largest absolute Gasteiger partial charge is 0.462 e. The second kappa shape index (κ2) is 16.3. The first kappa shape index (κ1) is 30.6. The Bertz CT molecular complexity index is 1110. The van der Waals surface area contributed by atoms with Crippen molar-refractivity contribution in [2.45, 2.75) is 85.0 Å². The zero-order valence-electron chi connectivity index (χ0n) is 24.4. The van der Waals surface area contributed by atoms with Gasteiger partial charge in [-0.2, -0.15) is 0 Å². The average molecular weight is 529 g/mol. The Hall–Kier alpha value is -2.91. The van der Waals surface area contributed by atoms with Crippen LogP contribution in [-0.4, -0.2) is 24.3 Å². The van der Waals surface area contributed by atoms with Gasteiger partial charge < -0.3 is 9.84 Å². The molecule has 2 unspecified atom stereocenters. The number of carbonyl (C=O) groups is 1. The Balaban J connectivity index is 1.56. The molecule has 3 rings (SSSR count). The Morgan fingerprint density at radius 3 is 2.64 bits per heavy atom. The number of hydrogen-bond acceptors (Lipinski definition) is 3. The first-order valence-corrected chi connectivity index (χ1v) is 14.9. The van der Waals surface area contributed by atoms with Crippen molar-refractivity contribution in [2.24, 2.45) is 11.8 Å². The summed E-state index contributed by atoms with van der Waals surface area (Å²) in [6.45, 7) is 10.3. The lowest BCUT2D eigenvalue weighted by Gasteiger charge is -2.30. The van der Waals surface area contributed by atoms with Gasteiger partial charge in [-0.3, -0.25) is 0 Å². The Labute approximate surface area is 236 Å². The maximum atomic E-state index is 11.7. The number of allylic oxidation sites excluding steroid dienone is 10. The molecule has 0 radical (unpaired) electrons. The molecule has 0 saturated heterocycles. The van der Waals surface area contributed by atoms with Crippen LogP contribution in [0.5, 0.6) is 0 Å². The van der Waals surface area contributed by atoms with Gasteiger partial charge in [0.15, 0.2) is 0 Å². The van der Waals surface area contributed by atoms with Gasteiger partial charge in [-0.1, -0.05) is 87.1 Å². The summed E-state index contributed by atoms with van der Waals surface area (Å²) in [5.41, 5.74) is 8.52. The smallest absolute Gasteiger partial charge is 0.333 e. The van der Waals surface area contributed by atoms with Crippen LogP contribution < -0.4 is 0 Å². The van der Waals surface area contributed by atoms with Gasteiger partial charge in [0.1, 0.15) is 0 Å². The molecule has 39 heavy (non-hydrogen) atoms. The highest BCUT2D eigenvalue weighted by Crippen LogP contribution is 2.37. The predicted molar refractivity (Wildman–Crippen MR) is 165 cm³/mol. The van der Waals surface area contributed by atoms with Gasteiger partial charge in [-0.15, -0.1) is 0 Å². The standard InChI is InChI=1S/C36H48O3/c1-5-6-7-9-29-10-8-11-30(26-29)13-12-28(4)31-14-16-32(17-15-31)33-18-20-34(21-19-33)35(22-24-37)23-25-39-36(38)27(2)3/h8,10,12-18,26,34-35,37H,2,5-7,9,11,19-25H2,1,3-4H3/b28-12+,30-13+. The molecule has 2 aliphatic carbocycles. The SMILES string of the molecule is C=C(C)C(=O)OCCC(CCO)C1CC=C(c2ccc(/C(C)=C/C=C3/C=C(CCCCC)C=CC3)cc2)CC1. The summed E-state index contributed by atoms with van der Waals surface area (Å²) in [5, 5.41) is 9.58. The lowest BCUT2D eigenvalue weighted by Crippen LogP contribution is -2.21. The van der Waals surface area contributed by atoms with E-state index in [1.807, 2.05) is 0 Å². The van der Waals surface area contributed by atoms with Gasteiger partial charge in [0.25, 0.3) is 0 Å². The lowest BCUT2D eigenvalue weighted by molar-refractivity contribution is -0.139. The van der Waals surface area contributed by atoms with Gasteiger partial charge in [0.05, 0.1) is 6.61 Å². The minimum absolute atomic E-state index is 0.171. The molecular weight excluding hydrogens is 480 g/mol. The Morgan fingerprint density at radius 2 is 1.97 bits per heavy atom. The quantitative estimate of drug-likeness (QED) is 0.149. The number of carbonyl (C=O) groups excluding carboxylic acids is 1. The van der Waals surface area contributed by atoms with E-state index < -0.39 is 0 Å². The number of aliphatic hydroxyl groups excluding tert-OH is 1. The number of ether oxygens (including phenoxy) is 1. The maximum Gasteiger partial charge on any atom is 0.333 e. The van der Waals surface area contributed by atoms with Crippen LogP contribution in [0.4, 0.5) is 0 Å². The fourth-order valence-corrected chi connectivity index (χ4v) is 5.57. The van der Waals surface area contributed by atoms with E-state index in [1.54, 1.807) is 6.92 Å². The zero-order valence-corrected chi connectivity index (χ0v) is 24.4. The van der Waals surface area contributed by atoms with Gasteiger partial charge in [0, 0.05) is 12.2 Å². The zero-order chi connectivity index (χ0) is 28.0. The Kier molecular flexibility index (Phi) is 12.8. The van der Waals surface area contributed by atoms with Crippen LogP contribution in [0.2, 0.25) is 0 Å². The second-order valence-corrected chi connectivity index (χ2v) is 11.2. The molecule has 1 aromatic rings. The van der Waals surface area contributed by atoms with Crippen molar-refractivity contribution in [3.05, 3.63) is 95.1 Å². The highest BCUT2D eigenvalue weighted by molar-refractivity contribution is 5.86. The fourth-order valence-electron chi connectivity index (χ4n) is 5.57. The van der Waals surface area contributed by atoms with Gasteiger partial charge >= 0.3 is 5.97 Å². The summed E-state index contributed by atoms with van der Waals surface area (Å²) in [4.78, 5) is 11.7. The van der Waals surface area contributed by atoms with E-state index in [4.69, 9.17) is 4.74 Å². The van der Waals surface area contributed by atoms with Crippen LogP contribution in [0.15, 0.2) is 84.0 Å². The third-order valence-corrected chi connectivity index (χ3v) is 8.07. The van der Waals surface area contributed by atoms with Gasteiger partial charge in [-0.05, 0) is 110 Å². The molecule has 0 amide bonds. The van der Waals surface area contributed by atoms with E-state index in [0.717, 1.165) is 38.5 Å². The highest BCUT2D eigenvalue weighted by Gasteiger charge is 2.24. The van der Waals surface area contributed by atoms with Crippen molar-refractivity contribution in [2.75, 3.05) is 13.2 Å². The van der Waals surface area contributed by atoms with Crippen LogP contribution >= 0.6 is 0 Å². The second-order valence-electron chi connectivity index (χ2n) is 11.2. The van der Waals surface area contributed by atoms with Crippen molar-refractivity contribution in [1.29, 1.82) is 0 Å². The predicted octanol–water partition coefficient (Wildman–Crippen LogP) is 9.17. The molecule has 210 valence electrons. The summed E-state index contributed by atoms with van der Waals surface area (Å²) in [5.74, 6) is 0.540. The van der Waals surface area contributed by atoms with Crippen molar-refractivity contribution in [1.82, 2.24) is 0 Å². The molecule has 0 bridgehead atoms. The molecule has 0 saturated carbocycles. The molecule has 0 aromatic heterocycles. The summed E-state index contributed by atoms with van der Waals surface area (Å²) < 4.78 is 5.32. The van der Waals surface area contributed by atoms with Gasteiger partial charge in [-0.25, -0.2) is 4.79 Å². The van der Waals surface area contributed by atoms with Crippen LogP contribution in [0.3, 0.4) is 0 Å². The number of benzene rings is 1. The number of esters is 1. The summed E-state index contributed by atoms with van der Waals surface area (Å²) in [6, 6.07) is 8.99. The molecule has 3 nitrogen and oxygen atoms in total. The molecule has 1 aromatic carbocycles. The van der Waals surface area contributed by atoms with Gasteiger partial charge in [0.2, 0.25) is 0 Å². The van der Waals surface area contributed by atoms with E-state index in [9.17, 15) is 9.90 Å². The minimum Gasteiger partial charge on any atom is -0.462 e. The first-order chi connectivity index (χ1) is 18.9. The summed E-state index contributed by atoms with van der Waals surface area (Å²) >= 11 is 0. The lowest BCUT2D eigenvalue weighted by atomic mass is 9.77. The number of rotatable bonds is 14. The molecule has 0 heterocycles. The molecule has 2 aliphatic rings. The molecule has 0 fully saturated rings. The molecule has 1 N–H and O–H groups in total. The third-order valence-electron chi connectivity index (χ3n) is 8.07.